The average molecular weight is 311 g/mol. The van der Waals surface area contributed by atoms with Crippen molar-refractivity contribution in [2.75, 3.05) is 4.72 Å². The molecule has 2 aromatic rings. The molecular weight excluding hydrogens is 301 g/mol. The van der Waals surface area contributed by atoms with Crippen molar-refractivity contribution in [1.82, 2.24) is 4.98 Å². The highest BCUT2D eigenvalue weighted by Crippen LogP contribution is 2.21. The van der Waals surface area contributed by atoms with E-state index < -0.39 is 15.8 Å². The van der Waals surface area contributed by atoms with E-state index in [0.29, 0.717) is 0 Å². The summed E-state index contributed by atoms with van der Waals surface area (Å²) in [5.41, 5.74) is 5.08. The van der Waals surface area contributed by atoms with Gasteiger partial charge in [0.15, 0.2) is 0 Å². The summed E-state index contributed by atoms with van der Waals surface area (Å²) in [5, 5.41) is 0. The van der Waals surface area contributed by atoms with Gasteiger partial charge in [0.2, 0.25) is 0 Å². The summed E-state index contributed by atoms with van der Waals surface area (Å²) in [6, 6.07) is 8.31. The van der Waals surface area contributed by atoms with Crippen LogP contribution in [0.3, 0.4) is 0 Å². The molecule has 5 nitrogen and oxygen atoms in total. The highest BCUT2D eigenvalue weighted by molar-refractivity contribution is 7.93. The molecule has 0 spiro atoms. The molecule has 3 N–H and O–H groups in total. The predicted molar refractivity (Wildman–Crippen MR) is 77.3 cm³/mol. The van der Waals surface area contributed by atoms with Gasteiger partial charge >= 0.3 is 0 Å². The number of sulfonamides is 1. The molecule has 0 aliphatic heterocycles. The first-order valence-corrected chi connectivity index (χ1v) is 7.33. The number of thiocarbonyl (C=S) groups is 1. The topological polar surface area (TPSA) is 85.1 Å². The van der Waals surface area contributed by atoms with Gasteiger partial charge in [-0.25, -0.2) is 17.8 Å². The first-order valence-electron chi connectivity index (χ1n) is 5.44. The molecule has 0 atom stereocenters. The molecule has 2 rings (SSSR count). The van der Waals surface area contributed by atoms with Crippen LogP contribution in [0.25, 0.3) is 0 Å². The maximum atomic E-state index is 13.7. The third-order valence-corrected chi connectivity index (χ3v) is 4.02. The van der Waals surface area contributed by atoms with Crippen molar-refractivity contribution in [2.24, 2.45) is 5.73 Å². The Morgan fingerprint density at radius 3 is 2.60 bits per heavy atom. The smallest absolute Gasteiger partial charge is 0.263 e. The van der Waals surface area contributed by atoms with E-state index in [1.165, 1.54) is 24.4 Å². The first kappa shape index (κ1) is 14.4. The quantitative estimate of drug-likeness (QED) is 0.839. The summed E-state index contributed by atoms with van der Waals surface area (Å²) in [7, 11) is -4.03. The molecule has 104 valence electrons. The van der Waals surface area contributed by atoms with E-state index in [4.69, 9.17) is 18.0 Å². The monoisotopic (exact) mass is 311 g/mol. The van der Waals surface area contributed by atoms with Gasteiger partial charge in [0.05, 0.1) is 5.56 Å². The van der Waals surface area contributed by atoms with Crippen LogP contribution >= 0.6 is 12.2 Å². The Hall–Kier alpha value is -2.06. The second kappa shape index (κ2) is 5.51. The highest BCUT2D eigenvalue weighted by Gasteiger charge is 2.23. The largest absolute Gasteiger partial charge is 0.389 e. The minimum atomic E-state index is -4.03. The van der Waals surface area contributed by atoms with E-state index in [2.05, 4.69) is 9.71 Å². The second-order valence-corrected chi connectivity index (χ2v) is 5.89. The van der Waals surface area contributed by atoms with Crippen molar-refractivity contribution in [3.8, 4) is 0 Å². The van der Waals surface area contributed by atoms with Crippen molar-refractivity contribution < 1.29 is 12.8 Å². The Balaban J connectivity index is 2.50. The number of benzene rings is 1. The number of aromatic nitrogens is 1. The molecule has 0 saturated carbocycles. The zero-order valence-electron chi connectivity index (χ0n) is 10.1. The molecule has 1 aromatic heterocycles. The molecule has 0 radical (unpaired) electrons. The number of anilines is 1. The Kier molecular flexibility index (Phi) is 3.96. The van der Waals surface area contributed by atoms with Gasteiger partial charge in [-0.15, -0.1) is 0 Å². The molecule has 8 heteroatoms. The van der Waals surface area contributed by atoms with E-state index in [1.807, 2.05) is 0 Å². The van der Waals surface area contributed by atoms with E-state index in [-0.39, 0.29) is 21.3 Å². The van der Waals surface area contributed by atoms with E-state index >= 15 is 0 Å². The van der Waals surface area contributed by atoms with Crippen molar-refractivity contribution in [1.29, 1.82) is 0 Å². The molecule has 0 bridgehead atoms. The maximum Gasteiger partial charge on any atom is 0.263 e. The fraction of sp³-hybridized carbons (Fsp3) is 0. The Morgan fingerprint density at radius 2 is 2.00 bits per heavy atom. The number of pyridine rings is 1. The van der Waals surface area contributed by atoms with Gasteiger partial charge in [-0.05, 0) is 24.3 Å². The van der Waals surface area contributed by atoms with Crippen LogP contribution < -0.4 is 10.5 Å². The molecular formula is C12H10FN3O2S2. The minimum Gasteiger partial charge on any atom is -0.389 e. The van der Waals surface area contributed by atoms with E-state index in [9.17, 15) is 12.8 Å². The third kappa shape index (κ3) is 2.91. The van der Waals surface area contributed by atoms with Crippen LogP contribution in [-0.4, -0.2) is 18.4 Å². The molecule has 1 aromatic carbocycles. The van der Waals surface area contributed by atoms with Crippen LogP contribution in [0.1, 0.15) is 5.56 Å². The van der Waals surface area contributed by atoms with E-state index in [1.54, 1.807) is 12.1 Å². The number of nitrogens with one attached hydrogen (secondary N) is 1. The number of hydrogen-bond donors (Lipinski definition) is 2. The van der Waals surface area contributed by atoms with Gasteiger partial charge in [-0.2, -0.15) is 0 Å². The molecule has 0 fully saturated rings. The number of hydrogen-bond acceptors (Lipinski definition) is 4. The van der Waals surface area contributed by atoms with Gasteiger partial charge in [0.1, 0.15) is 21.5 Å². The van der Waals surface area contributed by atoms with Crippen molar-refractivity contribution in [3.05, 3.63) is 54.0 Å². The maximum absolute atomic E-state index is 13.7. The van der Waals surface area contributed by atoms with Crippen LogP contribution in [0.2, 0.25) is 0 Å². The first-order chi connectivity index (χ1) is 9.42. The average Bonchev–Trinajstić information content (AvgIpc) is 2.38. The Morgan fingerprint density at radius 1 is 1.25 bits per heavy atom. The fourth-order valence-electron chi connectivity index (χ4n) is 1.58. The number of nitrogens with zero attached hydrogens (tertiary/aromatic N) is 1. The Labute approximate surface area is 120 Å². The van der Waals surface area contributed by atoms with Gasteiger partial charge in [-0.1, -0.05) is 24.4 Å². The lowest BCUT2D eigenvalue weighted by atomic mass is 10.2. The molecule has 0 saturated heterocycles. The van der Waals surface area contributed by atoms with Gasteiger partial charge in [-0.3, -0.25) is 4.72 Å². The standard InChI is InChI=1S/C12H10FN3O2S2/c13-8-4-3-5-9(11(8)12(14)19)20(17,18)16-10-6-1-2-7-15-10/h1-7H,(H2,14,19)(H,15,16). The fourth-order valence-corrected chi connectivity index (χ4v) is 3.10. The van der Waals surface area contributed by atoms with Crippen LogP contribution in [0.5, 0.6) is 0 Å². The molecule has 0 aliphatic carbocycles. The number of halogens is 1. The van der Waals surface area contributed by atoms with Crippen molar-refractivity contribution >= 4 is 33.0 Å². The Bertz CT molecular complexity index is 749. The molecule has 0 amide bonds. The minimum absolute atomic E-state index is 0.116. The summed E-state index contributed by atoms with van der Waals surface area (Å²) in [5.74, 6) is -0.674. The molecule has 1 heterocycles. The zero-order chi connectivity index (χ0) is 14.8. The summed E-state index contributed by atoms with van der Waals surface area (Å²) in [4.78, 5) is 3.19. The molecule has 0 unspecified atom stereocenters. The lowest BCUT2D eigenvalue weighted by Crippen LogP contribution is -2.21. The number of rotatable bonds is 4. The summed E-state index contributed by atoms with van der Waals surface area (Å²) in [6.07, 6.45) is 1.43. The number of nitrogens with two attached hydrogens (primary N) is 1. The molecule has 20 heavy (non-hydrogen) atoms. The van der Waals surface area contributed by atoms with Crippen molar-refractivity contribution in [3.63, 3.8) is 0 Å². The van der Waals surface area contributed by atoms with Gasteiger partial charge in [0.25, 0.3) is 10.0 Å². The normalized spacial score (nSPS) is 11.1. The SMILES string of the molecule is NC(=S)c1c(F)cccc1S(=O)(=O)Nc1ccccn1. The van der Waals surface area contributed by atoms with Crippen LogP contribution in [-0.2, 0) is 10.0 Å². The second-order valence-electron chi connectivity index (χ2n) is 3.80. The highest BCUT2D eigenvalue weighted by atomic mass is 32.2. The van der Waals surface area contributed by atoms with Gasteiger partial charge in [0, 0.05) is 6.20 Å². The van der Waals surface area contributed by atoms with E-state index in [0.717, 1.165) is 6.07 Å². The third-order valence-electron chi connectivity index (χ3n) is 2.42. The summed E-state index contributed by atoms with van der Waals surface area (Å²) < 4.78 is 40.4. The zero-order valence-corrected chi connectivity index (χ0v) is 11.7. The molecule has 0 aliphatic rings. The summed E-state index contributed by atoms with van der Waals surface area (Å²) >= 11 is 4.70. The lowest BCUT2D eigenvalue weighted by Gasteiger charge is -2.11. The predicted octanol–water partition coefficient (Wildman–Crippen LogP) is 1.66. The summed E-state index contributed by atoms with van der Waals surface area (Å²) in [6.45, 7) is 0. The van der Waals surface area contributed by atoms with Crippen LogP contribution in [0.15, 0.2) is 47.5 Å². The van der Waals surface area contributed by atoms with Crippen LogP contribution in [0.4, 0.5) is 10.2 Å². The van der Waals surface area contributed by atoms with Gasteiger partial charge < -0.3 is 5.73 Å². The van der Waals surface area contributed by atoms with Crippen molar-refractivity contribution in [2.45, 2.75) is 4.90 Å². The van der Waals surface area contributed by atoms with Crippen LogP contribution in [0, 0.1) is 5.82 Å². The lowest BCUT2D eigenvalue weighted by molar-refractivity contribution is 0.594.